The van der Waals surface area contributed by atoms with E-state index in [9.17, 15) is 0 Å². The lowest BCUT2D eigenvalue weighted by Gasteiger charge is -2.16. The summed E-state index contributed by atoms with van der Waals surface area (Å²) in [5.41, 5.74) is 7.20. The van der Waals surface area contributed by atoms with E-state index < -0.39 is 0 Å². The highest BCUT2D eigenvalue weighted by molar-refractivity contribution is 5.38. The van der Waals surface area contributed by atoms with Gasteiger partial charge >= 0.3 is 0 Å². The van der Waals surface area contributed by atoms with E-state index in [-0.39, 0.29) is 6.04 Å². The summed E-state index contributed by atoms with van der Waals surface area (Å²) >= 11 is 0. The number of hydrogen-bond acceptors (Lipinski definition) is 4. The Bertz CT molecular complexity index is 525. The Labute approximate surface area is 113 Å². The maximum Gasteiger partial charge on any atom is 0.130 e. The topological polar surface area (TPSA) is 62.3 Å². The summed E-state index contributed by atoms with van der Waals surface area (Å²) in [5, 5.41) is 0. The fourth-order valence-corrected chi connectivity index (χ4v) is 1.92. The normalized spacial score (nSPS) is 12.4. The Morgan fingerprint density at radius 3 is 2.79 bits per heavy atom. The van der Waals surface area contributed by atoms with Gasteiger partial charge in [-0.25, -0.2) is 4.98 Å². The first-order valence-electron chi connectivity index (χ1n) is 6.17. The maximum absolute atomic E-state index is 6.27. The Hall–Kier alpha value is -1.85. The van der Waals surface area contributed by atoms with Gasteiger partial charge in [0.2, 0.25) is 0 Å². The molecule has 1 atom stereocenters. The van der Waals surface area contributed by atoms with Crippen molar-refractivity contribution in [1.82, 2.24) is 9.55 Å². The summed E-state index contributed by atoms with van der Waals surface area (Å²) in [7, 11) is 3.57. The number of nitrogens with zero attached hydrogens (tertiary/aromatic N) is 2. The lowest BCUT2D eigenvalue weighted by molar-refractivity contribution is 0.145. The minimum Gasteiger partial charge on any atom is -0.491 e. The van der Waals surface area contributed by atoms with Crippen LogP contribution in [0.25, 0.3) is 0 Å². The Morgan fingerprint density at radius 2 is 2.11 bits per heavy atom. The number of nitrogens with two attached hydrogens (primary N) is 1. The lowest BCUT2D eigenvalue weighted by atomic mass is 10.1. The number of hydrogen-bond donors (Lipinski definition) is 1. The molecule has 0 aliphatic rings. The highest BCUT2D eigenvalue weighted by Gasteiger charge is 2.17. The van der Waals surface area contributed by atoms with Crippen LogP contribution >= 0.6 is 0 Å². The molecule has 2 N–H and O–H groups in total. The zero-order valence-electron chi connectivity index (χ0n) is 11.2. The van der Waals surface area contributed by atoms with E-state index >= 15 is 0 Å². The Morgan fingerprint density at radius 1 is 1.32 bits per heavy atom. The SMILES string of the molecule is COCCOc1ccccc1C(N)c1nccn1C. The monoisotopic (exact) mass is 261 g/mol. The van der Waals surface area contributed by atoms with E-state index in [1.165, 1.54) is 0 Å². The Kier molecular flexibility index (Phi) is 4.54. The summed E-state index contributed by atoms with van der Waals surface area (Å²) in [6, 6.07) is 7.44. The molecule has 2 aromatic rings. The molecule has 1 aromatic carbocycles. The second kappa shape index (κ2) is 6.36. The van der Waals surface area contributed by atoms with Crippen molar-refractivity contribution in [2.45, 2.75) is 6.04 Å². The number of imidazole rings is 1. The molecule has 0 aliphatic heterocycles. The number of para-hydroxylation sites is 1. The molecule has 0 saturated carbocycles. The van der Waals surface area contributed by atoms with E-state index in [1.807, 2.05) is 42.1 Å². The number of methoxy groups -OCH3 is 1. The zero-order chi connectivity index (χ0) is 13.7. The second-order valence-electron chi connectivity index (χ2n) is 4.25. The number of aromatic nitrogens is 2. The molecule has 0 saturated heterocycles. The number of benzene rings is 1. The van der Waals surface area contributed by atoms with Gasteiger partial charge in [-0.1, -0.05) is 18.2 Å². The minimum absolute atomic E-state index is 0.307. The van der Waals surface area contributed by atoms with Crippen LogP contribution in [0.1, 0.15) is 17.4 Å². The van der Waals surface area contributed by atoms with E-state index in [0.29, 0.717) is 13.2 Å². The fourth-order valence-electron chi connectivity index (χ4n) is 1.92. The molecule has 0 spiro atoms. The molecular weight excluding hydrogens is 242 g/mol. The lowest BCUT2D eigenvalue weighted by Crippen LogP contribution is -2.18. The van der Waals surface area contributed by atoms with Crippen molar-refractivity contribution < 1.29 is 9.47 Å². The van der Waals surface area contributed by atoms with Gasteiger partial charge in [-0.2, -0.15) is 0 Å². The van der Waals surface area contributed by atoms with E-state index in [2.05, 4.69) is 4.98 Å². The van der Waals surface area contributed by atoms with E-state index in [4.69, 9.17) is 15.2 Å². The van der Waals surface area contributed by atoms with E-state index in [0.717, 1.165) is 17.1 Å². The maximum atomic E-state index is 6.27. The first kappa shape index (κ1) is 13.6. The van der Waals surface area contributed by atoms with Crippen molar-refractivity contribution in [1.29, 1.82) is 0 Å². The van der Waals surface area contributed by atoms with Crippen molar-refractivity contribution in [3.63, 3.8) is 0 Å². The predicted molar refractivity (Wildman–Crippen MR) is 73.1 cm³/mol. The van der Waals surface area contributed by atoms with Crippen molar-refractivity contribution in [2.24, 2.45) is 12.8 Å². The van der Waals surface area contributed by atoms with Gasteiger partial charge in [-0.15, -0.1) is 0 Å². The fraction of sp³-hybridized carbons (Fsp3) is 0.357. The molecular formula is C14H19N3O2. The van der Waals surface area contributed by atoms with Gasteiger partial charge in [-0.3, -0.25) is 0 Å². The molecule has 0 aliphatic carbocycles. The molecule has 2 rings (SSSR count). The molecule has 102 valence electrons. The summed E-state index contributed by atoms with van der Waals surface area (Å²) in [6.45, 7) is 1.05. The molecule has 1 heterocycles. The number of aryl methyl sites for hydroxylation is 1. The van der Waals surface area contributed by atoms with Crippen LogP contribution in [0, 0.1) is 0 Å². The molecule has 1 unspecified atom stereocenters. The zero-order valence-corrected chi connectivity index (χ0v) is 11.2. The van der Waals surface area contributed by atoms with Gasteiger partial charge in [0.1, 0.15) is 18.2 Å². The average molecular weight is 261 g/mol. The van der Waals surface area contributed by atoms with Gasteiger partial charge in [0.25, 0.3) is 0 Å². The summed E-state index contributed by atoms with van der Waals surface area (Å²) in [5.74, 6) is 1.58. The Balaban J connectivity index is 2.21. The first-order valence-corrected chi connectivity index (χ1v) is 6.17. The highest BCUT2D eigenvalue weighted by atomic mass is 16.5. The molecule has 0 fully saturated rings. The van der Waals surface area contributed by atoms with Gasteiger partial charge in [0, 0.05) is 32.1 Å². The third-order valence-electron chi connectivity index (χ3n) is 2.94. The standard InChI is InChI=1S/C14H19N3O2/c1-17-8-7-16-14(17)13(15)11-5-3-4-6-12(11)19-10-9-18-2/h3-8,13H,9-10,15H2,1-2H3. The van der Waals surface area contributed by atoms with Crippen LogP contribution in [-0.4, -0.2) is 29.9 Å². The van der Waals surface area contributed by atoms with Crippen LogP contribution in [0.5, 0.6) is 5.75 Å². The van der Waals surface area contributed by atoms with Crippen LogP contribution in [0.15, 0.2) is 36.7 Å². The third kappa shape index (κ3) is 3.13. The largest absolute Gasteiger partial charge is 0.491 e. The molecule has 0 bridgehead atoms. The van der Waals surface area contributed by atoms with Crippen LogP contribution < -0.4 is 10.5 Å². The molecule has 1 aromatic heterocycles. The first-order chi connectivity index (χ1) is 9.24. The van der Waals surface area contributed by atoms with Gasteiger partial charge < -0.3 is 19.8 Å². The quantitative estimate of drug-likeness (QED) is 0.800. The highest BCUT2D eigenvalue weighted by Crippen LogP contribution is 2.27. The van der Waals surface area contributed by atoms with Crippen molar-refractivity contribution in [3.05, 3.63) is 48.0 Å². The molecule has 0 radical (unpaired) electrons. The summed E-state index contributed by atoms with van der Waals surface area (Å²) in [6.07, 6.45) is 3.62. The number of rotatable bonds is 6. The average Bonchev–Trinajstić information content (AvgIpc) is 2.85. The predicted octanol–water partition coefficient (Wildman–Crippen LogP) is 1.49. The van der Waals surface area contributed by atoms with Crippen molar-refractivity contribution in [2.75, 3.05) is 20.3 Å². The number of ether oxygens (including phenoxy) is 2. The summed E-state index contributed by atoms with van der Waals surface area (Å²) in [4.78, 5) is 4.29. The molecule has 19 heavy (non-hydrogen) atoms. The van der Waals surface area contributed by atoms with E-state index in [1.54, 1.807) is 13.3 Å². The molecule has 5 nitrogen and oxygen atoms in total. The second-order valence-corrected chi connectivity index (χ2v) is 4.25. The smallest absolute Gasteiger partial charge is 0.130 e. The van der Waals surface area contributed by atoms with Crippen LogP contribution in [0.4, 0.5) is 0 Å². The van der Waals surface area contributed by atoms with Crippen LogP contribution in [0.3, 0.4) is 0 Å². The van der Waals surface area contributed by atoms with Crippen LogP contribution in [-0.2, 0) is 11.8 Å². The van der Waals surface area contributed by atoms with Crippen LogP contribution in [0.2, 0.25) is 0 Å². The minimum atomic E-state index is -0.307. The van der Waals surface area contributed by atoms with Gasteiger partial charge in [0.15, 0.2) is 0 Å². The van der Waals surface area contributed by atoms with Crippen molar-refractivity contribution >= 4 is 0 Å². The van der Waals surface area contributed by atoms with Gasteiger partial charge in [0.05, 0.1) is 12.6 Å². The molecule has 5 heteroatoms. The third-order valence-corrected chi connectivity index (χ3v) is 2.94. The van der Waals surface area contributed by atoms with Crippen molar-refractivity contribution in [3.8, 4) is 5.75 Å². The van der Waals surface area contributed by atoms with Gasteiger partial charge in [-0.05, 0) is 6.07 Å². The summed E-state index contributed by atoms with van der Waals surface area (Å²) < 4.78 is 12.6. The molecule has 0 amide bonds.